The Bertz CT molecular complexity index is 1040. The van der Waals surface area contributed by atoms with E-state index in [1.807, 2.05) is 41.3 Å². The van der Waals surface area contributed by atoms with E-state index in [2.05, 4.69) is 12.2 Å². The van der Waals surface area contributed by atoms with Gasteiger partial charge in [-0.2, -0.15) is 0 Å². The summed E-state index contributed by atoms with van der Waals surface area (Å²) >= 11 is 0. The van der Waals surface area contributed by atoms with Crippen molar-refractivity contribution in [2.24, 2.45) is 17.8 Å². The number of hydrogen-bond donors (Lipinski definition) is 1. The molecular formula is C28H34N2O3. The largest absolute Gasteiger partial charge is 0.455 e. The Hall–Kier alpha value is -2.56. The number of furan rings is 1. The number of carbonyl (C=O) groups excluding carboxylic acids is 2. The van der Waals surface area contributed by atoms with Crippen LogP contribution in [0.15, 0.2) is 40.8 Å². The van der Waals surface area contributed by atoms with Gasteiger partial charge >= 0.3 is 0 Å². The van der Waals surface area contributed by atoms with Crippen molar-refractivity contribution < 1.29 is 14.0 Å². The van der Waals surface area contributed by atoms with Crippen molar-refractivity contribution in [3.8, 4) is 0 Å². The molecule has 5 nitrogen and oxygen atoms in total. The predicted octanol–water partition coefficient (Wildman–Crippen LogP) is 6.01. The van der Waals surface area contributed by atoms with Crippen LogP contribution in [0.5, 0.6) is 0 Å². The summed E-state index contributed by atoms with van der Waals surface area (Å²) in [5, 5.41) is 2.97. The molecule has 5 heteroatoms. The third-order valence-corrected chi connectivity index (χ3v) is 8.86. The van der Waals surface area contributed by atoms with Crippen LogP contribution in [0.2, 0.25) is 0 Å². The minimum absolute atomic E-state index is 0.00759. The van der Waals surface area contributed by atoms with Crippen molar-refractivity contribution in [3.63, 3.8) is 0 Å². The van der Waals surface area contributed by atoms with E-state index in [-0.39, 0.29) is 23.3 Å². The molecule has 1 aliphatic heterocycles. The van der Waals surface area contributed by atoms with Gasteiger partial charge in [-0.1, -0.05) is 12.1 Å². The molecule has 1 saturated heterocycles. The number of rotatable bonds is 4. The van der Waals surface area contributed by atoms with Gasteiger partial charge in [0.25, 0.3) is 11.8 Å². The molecule has 2 amide bonds. The Balaban J connectivity index is 1.21. The summed E-state index contributed by atoms with van der Waals surface area (Å²) in [6, 6.07) is 11.4. The van der Waals surface area contributed by atoms with E-state index < -0.39 is 0 Å². The van der Waals surface area contributed by atoms with Crippen molar-refractivity contribution in [1.29, 1.82) is 0 Å². The lowest BCUT2D eigenvalue weighted by Crippen LogP contribution is -2.48. The van der Waals surface area contributed by atoms with Crippen molar-refractivity contribution in [1.82, 2.24) is 4.90 Å². The van der Waals surface area contributed by atoms with Crippen molar-refractivity contribution >= 4 is 17.5 Å². The molecule has 7 rings (SSSR count). The van der Waals surface area contributed by atoms with Crippen molar-refractivity contribution in [3.05, 3.63) is 53.5 Å². The molecule has 4 saturated carbocycles. The minimum Gasteiger partial charge on any atom is -0.455 e. The number of anilines is 1. The van der Waals surface area contributed by atoms with Crippen LogP contribution in [0.25, 0.3) is 0 Å². The summed E-state index contributed by atoms with van der Waals surface area (Å²) in [5.41, 5.74) is 1.23. The number of amides is 2. The molecule has 1 atom stereocenters. The standard InChI is InChI=1S/C28H34N2O3/c1-18-6-4-5-11-30(18)27(32)22-7-2-3-8-23(22)29-26(31)24-9-10-25(33-24)28-15-19-12-20(16-28)14-21(13-19)17-28/h2-3,7-10,18-21H,4-6,11-17H2,1H3,(H,29,31)/t18-,19?,20?,21?,28?/m1/s1. The lowest BCUT2D eigenvalue weighted by molar-refractivity contribution is -0.0154. The molecule has 5 aliphatic rings. The van der Waals surface area contributed by atoms with Gasteiger partial charge in [0.15, 0.2) is 5.76 Å². The zero-order valence-electron chi connectivity index (χ0n) is 19.5. The Morgan fingerprint density at radius 3 is 2.36 bits per heavy atom. The number of nitrogens with zero attached hydrogens (tertiary/aromatic N) is 1. The van der Waals surface area contributed by atoms with Gasteiger partial charge in [-0.25, -0.2) is 0 Å². The van der Waals surface area contributed by atoms with Crippen molar-refractivity contribution in [2.75, 3.05) is 11.9 Å². The summed E-state index contributed by atoms with van der Waals surface area (Å²) in [6.45, 7) is 2.88. The van der Waals surface area contributed by atoms with Gasteiger partial charge in [0.1, 0.15) is 5.76 Å². The number of piperidine rings is 1. The molecule has 2 heterocycles. The number of carbonyl (C=O) groups is 2. The van der Waals surface area contributed by atoms with Crippen LogP contribution >= 0.6 is 0 Å². The van der Waals surface area contributed by atoms with Gasteiger partial charge in [0.05, 0.1) is 11.3 Å². The minimum atomic E-state index is -0.280. The molecule has 0 spiro atoms. The normalized spacial score (nSPS) is 32.7. The Morgan fingerprint density at radius 2 is 1.67 bits per heavy atom. The molecule has 1 aromatic carbocycles. The predicted molar refractivity (Wildman–Crippen MR) is 127 cm³/mol. The third kappa shape index (κ3) is 3.70. The summed E-state index contributed by atoms with van der Waals surface area (Å²) in [4.78, 5) is 28.3. The fourth-order valence-electron chi connectivity index (χ4n) is 7.67. The molecule has 0 unspecified atom stereocenters. The molecule has 4 bridgehead atoms. The van der Waals surface area contributed by atoms with Gasteiger partial charge in [-0.3, -0.25) is 9.59 Å². The van der Waals surface area contributed by atoms with E-state index in [4.69, 9.17) is 4.42 Å². The van der Waals surface area contributed by atoms with Gasteiger partial charge in [-0.15, -0.1) is 0 Å². The highest BCUT2D eigenvalue weighted by molar-refractivity contribution is 6.08. The van der Waals surface area contributed by atoms with Crippen molar-refractivity contribution in [2.45, 2.75) is 76.2 Å². The second-order valence-corrected chi connectivity index (χ2v) is 11.2. The van der Waals surface area contributed by atoms with Gasteiger partial charge < -0.3 is 14.6 Å². The first-order valence-electron chi connectivity index (χ1n) is 12.8. The fraction of sp³-hybridized carbons (Fsp3) is 0.571. The van der Waals surface area contributed by atoms with Gasteiger partial charge in [0, 0.05) is 18.0 Å². The lowest BCUT2D eigenvalue weighted by atomic mass is 9.49. The number of likely N-dealkylation sites (tertiary alicyclic amines) is 1. The number of para-hydroxylation sites is 1. The van der Waals surface area contributed by atoms with E-state index >= 15 is 0 Å². The van der Waals surface area contributed by atoms with E-state index in [9.17, 15) is 9.59 Å². The Labute approximate surface area is 195 Å². The van der Waals surface area contributed by atoms with Crippen LogP contribution in [0.1, 0.15) is 91.4 Å². The van der Waals surface area contributed by atoms with Gasteiger partial charge in [0.2, 0.25) is 0 Å². The van der Waals surface area contributed by atoms with Crippen LogP contribution in [0, 0.1) is 17.8 Å². The average Bonchev–Trinajstić information content (AvgIpc) is 3.30. The fourth-order valence-corrected chi connectivity index (χ4v) is 7.67. The second-order valence-electron chi connectivity index (χ2n) is 11.2. The van der Waals surface area contributed by atoms with Crippen LogP contribution in [0.4, 0.5) is 5.69 Å². The average molecular weight is 447 g/mol. The van der Waals surface area contributed by atoms with E-state index in [1.54, 1.807) is 0 Å². The molecule has 33 heavy (non-hydrogen) atoms. The van der Waals surface area contributed by atoms with E-state index in [0.717, 1.165) is 49.3 Å². The van der Waals surface area contributed by atoms with Crippen LogP contribution in [-0.4, -0.2) is 29.3 Å². The van der Waals surface area contributed by atoms with Crippen LogP contribution < -0.4 is 5.32 Å². The highest BCUT2D eigenvalue weighted by atomic mass is 16.4. The molecule has 0 radical (unpaired) electrons. The third-order valence-electron chi connectivity index (χ3n) is 8.86. The highest BCUT2D eigenvalue weighted by Crippen LogP contribution is 2.60. The maximum Gasteiger partial charge on any atom is 0.291 e. The number of hydrogen-bond acceptors (Lipinski definition) is 3. The van der Waals surface area contributed by atoms with Crippen LogP contribution in [-0.2, 0) is 5.41 Å². The molecule has 1 aromatic heterocycles. The molecule has 2 aromatic rings. The Morgan fingerprint density at radius 1 is 0.970 bits per heavy atom. The summed E-state index contributed by atoms with van der Waals surface area (Å²) < 4.78 is 6.23. The lowest BCUT2D eigenvalue weighted by Gasteiger charge is -2.55. The summed E-state index contributed by atoms with van der Waals surface area (Å²) in [6.07, 6.45) is 11.0. The maximum absolute atomic E-state index is 13.3. The first-order chi connectivity index (χ1) is 16.0. The smallest absolute Gasteiger partial charge is 0.291 e. The second kappa shape index (κ2) is 8.03. The molecule has 174 valence electrons. The number of benzene rings is 1. The summed E-state index contributed by atoms with van der Waals surface area (Å²) in [5.74, 6) is 3.54. The highest BCUT2D eigenvalue weighted by Gasteiger charge is 2.53. The number of nitrogens with one attached hydrogen (secondary N) is 1. The molecule has 5 fully saturated rings. The Kier molecular flexibility index (Phi) is 5.11. The maximum atomic E-state index is 13.3. The van der Waals surface area contributed by atoms with Gasteiger partial charge in [-0.05, 0) is 107 Å². The molecule has 4 aliphatic carbocycles. The molecular weight excluding hydrogens is 412 g/mol. The quantitative estimate of drug-likeness (QED) is 0.625. The topological polar surface area (TPSA) is 62.6 Å². The SMILES string of the molecule is C[C@@H]1CCCCN1C(=O)c1ccccc1NC(=O)c1ccc(C23CC4CC(CC(C4)C2)C3)o1. The van der Waals surface area contributed by atoms with E-state index in [1.165, 1.54) is 38.5 Å². The zero-order chi connectivity index (χ0) is 22.6. The monoisotopic (exact) mass is 446 g/mol. The summed E-state index contributed by atoms with van der Waals surface area (Å²) in [7, 11) is 0. The first-order valence-corrected chi connectivity index (χ1v) is 12.8. The molecule has 1 N–H and O–H groups in total. The zero-order valence-corrected chi connectivity index (χ0v) is 19.5. The first kappa shape index (κ1) is 21.0. The van der Waals surface area contributed by atoms with Crippen LogP contribution in [0.3, 0.4) is 0 Å². The van der Waals surface area contributed by atoms with E-state index in [0.29, 0.717) is 17.0 Å².